The molecule has 2 N–H and O–H groups in total. The number of nitro benzene ring substituents is 1. The van der Waals surface area contributed by atoms with Gasteiger partial charge in [0.1, 0.15) is 6.04 Å². The van der Waals surface area contributed by atoms with Crippen molar-refractivity contribution in [3.05, 3.63) is 38.9 Å². The summed E-state index contributed by atoms with van der Waals surface area (Å²) < 4.78 is 5.40. The van der Waals surface area contributed by atoms with Gasteiger partial charge in [-0.2, -0.15) is 0 Å². The molecule has 0 aromatic heterocycles. The first kappa shape index (κ1) is 18.6. The molecule has 2 rings (SSSR count). The standard InChI is InChI=1S/C13H16ClN3O4.ClH/c1-8-12(15-4-5-21-8)13(18)16-7-9-6-10(17(19)20)2-3-11(9)14;/h2-3,6,8,12,15H,4-5,7H2,1H3,(H,16,18);1H/t8-,12+;/m1./s1. The molecule has 22 heavy (non-hydrogen) atoms. The minimum atomic E-state index is -0.500. The Hall–Kier alpha value is -1.41. The van der Waals surface area contributed by atoms with Crippen LogP contribution in [0.1, 0.15) is 12.5 Å². The third kappa shape index (κ3) is 4.54. The molecular formula is C13H17Cl2N3O4. The zero-order valence-electron chi connectivity index (χ0n) is 11.9. The zero-order chi connectivity index (χ0) is 15.4. The molecule has 1 aromatic carbocycles. The monoisotopic (exact) mass is 349 g/mol. The SMILES string of the molecule is C[C@H]1OCCN[C@@H]1C(=O)NCc1cc([N+](=O)[O-])ccc1Cl.Cl. The van der Waals surface area contributed by atoms with Crippen LogP contribution in [0.2, 0.25) is 5.02 Å². The molecule has 0 saturated carbocycles. The first-order valence-electron chi connectivity index (χ1n) is 6.54. The number of ether oxygens (including phenoxy) is 1. The van der Waals surface area contributed by atoms with E-state index in [1.165, 1.54) is 18.2 Å². The summed E-state index contributed by atoms with van der Waals surface area (Å²) in [6.07, 6.45) is -0.223. The van der Waals surface area contributed by atoms with E-state index in [1.54, 1.807) is 0 Å². The van der Waals surface area contributed by atoms with Crippen molar-refractivity contribution < 1.29 is 14.5 Å². The molecule has 1 heterocycles. The van der Waals surface area contributed by atoms with E-state index >= 15 is 0 Å². The zero-order valence-corrected chi connectivity index (χ0v) is 13.4. The molecule has 2 atom stereocenters. The second-order valence-electron chi connectivity index (χ2n) is 4.76. The third-order valence-corrected chi connectivity index (χ3v) is 3.66. The fourth-order valence-corrected chi connectivity index (χ4v) is 2.31. The lowest BCUT2D eigenvalue weighted by atomic mass is 10.1. The van der Waals surface area contributed by atoms with Gasteiger partial charge in [-0.3, -0.25) is 14.9 Å². The number of nitro groups is 1. The maximum absolute atomic E-state index is 12.1. The Labute approximate surface area is 138 Å². The normalized spacial score (nSPS) is 20.8. The van der Waals surface area contributed by atoms with Gasteiger partial charge in [-0.15, -0.1) is 12.4 Å². The smallest absolute Gasteiger partial charge is 0.269 e. The predicted molar refractivity (Wildman–Crippen MR) is 84.4 cm³/mol. The molecule has 1 aliphatic rings. The maximum Gasteiger partial charge on any atom is 0.269 e. The molecule has 0 spiro atoms. The minimum Gasteiger partial charge on any atom is -0.375 e. The molecule has 9 heteroatoms. The average molecular weight is 350 g/mol. The van der Waals surface area contributed by atoms with Crippen LogP contribution in [0.15, 0.2) is 18.2 Å². The Kier molecular flexibility index (Phi) is 7.02. The van der Waals surface area contributed by atoms with Gasteiger partial charge in [-0.1, -0.05) is 11.6 Å². The summed E-state index contributed by atoms with van der Waals surface area (Å²) in [5, 5.41) is 16.9. The predicted octanol–water partition coefficient (Wildman–Crippen LogP) is 1.66. The fraction of sp³-hybridized carbons (Fsp3) is 0.462. The number of halogens is 2. The number of morpholine rings is 1. The second-order valence-corrected chi connectivity index (χ2v) is 5.17. The van der Waals surface area contributed by atoms with Crippen LogP contribution in [-0.4, -0.2) is 36.1 Å². The van der Waals surface area contributed by atoms with Crippen molar-refractivity contribution in [2.75, 3.05) is 13.2 Å². The minimum absolute atomic E-state index is 0. The van der Waals surface area contributed by atoms with Gasteiger partial charge in [0, 0.05) is 30.2 Å². The van der Waals surface area contributed by atoms with Crippen LogP contribution in [-0.2, 0) is 16.1 Å². The van der Waals surface area contributed by atoms with Gasteiger partial charge in [-0.25, -0.2) is 0 Å². The van der Waals surface area contributed by atoms with Crippen LogP contribution >= 0.6 is 24.0 Å². The Bertz CT molecular complexity index is 556. The van der Waals surface area contributed by atoms with Gasteiger partial charge in [0.2, 0.25) is 5.91 Å². The van der Waals surface area contributed by atoms with Crippen LogP contribution in [0.5, 0.6) is 0 Å². The van der Waals surface area contributed by atoms with Crippen molar-refractivity contribution in [3.8, 4) is 0 Å². The molecular weight excluding hydrogens is 333 g/mol. The molecule has 122 valence electrons. The van der Waals surface area contributed by atoms with Gasteiger partial charge in [-0.05, 0) is 18.6 Å². The molecule has 1 fully saturated rings. The number of benzene rings is 1. The quantitative estimate of drug-likeness (QED) is 0.636. The van der Waals surface area contributed by atoms with E-state index in [9.17, 15) is 14.9 Å². The van der Waals surface area contributed by atoms with Gasteiger partial charge in [0.05, 0.1) is 17.6 Å². The van der Waals surface area contributed by atoms with E-state index < -0.39 is 11.0 Å². The highest BCUT2D eigenvalue weighted by Gasteiger charge is 2.28. The molecule has 0 radical (unpaired) electrons. The molecule has 7 nitrogen and oxygen atoms in total. The Morgan fingerprint density at radius 3 is 2.95 bits per heavy atom. The summed E-state index contributed by atoms with van der Waals surface area (Å²) in [4.78, 5) is 22.3. The number of hydrogen-bond donors (Lipinski definition) is 2. The van der Waals surface area contributed by atoms with Crippen LogP contribution < -0.4 is 10.6 Å². The van der Waals surface area contributed by atoms with E-state index in [-0.39, 0.29) is 36.7 Å². The lowest BCUT2D eigenvalue weighted by Crippen LogP contribution is -2.55. The van der Waals surface area contributed by atoms with Crippen molar-refractivity contribution in [3.63, 3.8) is 0 Å². The number of carbonyl (C=O) groups is 1. The Morgan fingerprint density at radius 1 is 1.59 bits per heavy atom. The first-order valence-corrected chi connectivity index (χ1v) is 6.92. The lowest BCUT2D eigenvalue weighted by molar-refractivity contribution is -0.384. The van der Waals surface area contributed by atoms with E-state index in [4.69, 9.17) is 16.3 Å². The highest BCUT2D eigenvalue weighted by molar-refractivity contribution is 6.31. The number of rotatable bonds is 4. The van der Waals surface area contributed by atoms with E-state index in [0.717, 1.165) is 0 Å². The Morgan fingerprint density at radius 2 is 2.32 bits per heavy atom. The number of hydrogen-bond acceptors (Lipinski definition) is 5. The van der Waals surface area contributed by atoms with E-state index in [1.807, 2.05) is 6.92 Å². The van der Waals surface area contributed by atoms with Gasteiger partial charge in [0.25, 0.3) is 5.69 Å². The highest BCUT2D eigenvalue weighted by Crippen LogP contribution is 2.21. The molecule has 1 amide bonds. The molecule has 0 aliphatic carbocycles. The second kappa shape index (κ2) is 8.28. The molecule has 1 saturated heterocycles. The number of nitrogens with zero attached hydrogens (tertiary/aromatic N) is 1. The van der Waals surface area contributed by atoms with Crippen molar-refractivity contribution in [1.29, 1.82) is 0 Å². The summed E-state index contributed by atoms with van der Waals surface area (Å²) >= 11 is 5.98. The molecule has 1 aromatic rings. The van der Waals surface area contributed by atoms with Crippen molar-refractivity contribution in [1.82, 2.24) is 10.6 Å². The summed E-state index contributed by atoms with van der Waals surface area (Å²) in [6, 6.07) is 3.70. The van der Waals surface area contributed by atoms with Crippen LogP contribution in [0.25, 0.3) is 0 Å². The van der Waals surface area contributed by atoms with Crippen LogP contribution in [0.4, 0.5) is 5.69 Å². The van der Waals surface area contributed by atoms with Gasteiger partial charge < -0.3 is 15.4 Å². The molecule has 1 aliphatic heterocycles. The van der Waals surface area contributed by atoms with E-state index in [0.29, 0.717) is 23.7 Å². The van der Waals surface area contributed by atoms with Gasteiger partial charge >= 0.3 is 0 Å². The number of carbonyl (C=O) groups excluding carboxylic acids is 1. The Balaban J connectivity index is 0.00000242. The van der Waals surface area contributed by atoms with E-state index in [2.05, 4.69) is 10.6 Å². The first-order chi connectivity index (χ1) is 9.99. The largest absolute Gasteiger partial charge is 0.375 e. The van der Waals surface area contributed by atoms with Crippen LogP contribution in [0.3, 0.4) is 0 Å². The summed E-state index contributed by atoms with van der Waals surface area (Å²) in [6.45, 7) is 3.13. The topological polar surface area (TPSA) is 93.5 Å². The molecule has 0 unspecified atom stereocenters. The average Bonchev–Trinajstić information content (AvgIpc) is 2.46. The number of non-ortho nitro benzene ring substituents is 1. The van der Waals surface area contributed by atoms with Crippen molar-refractivity contribution in [2.24, 2.45) is 0 Å². The van der Waals surface area contributed by atoms with Crippen LogP contribution in [0, 0.1) is 10.1 Å². The molecule has 0 bridgehead atoms. The third-order valence-electron chi connectivity index (χ3n) is 3.29. The lowest BCUT2D eigenvalue weighted by Gasteiger charge is -2.29. The summed E-state index contributed by atoms with van der Waals surface area (Å²) in [5.41, 5.74) is 0.444. The fourth-order valence-electron chi connectivity index (χ4n) is 2.13. The highest BCUT2D eigenvalue weighted by atomic mass is 35.5. The number of nitrogens with one attached hydrogen (secondary N) is 2. The summed E-state index contributed by atoms with van der Waals surface area (Å²) in [5.74, 6) is -0.218. The van der Waals surface area contributed by atoms with Crippen molar-refractivity contribution >= 4 is 35.6 Å². The summed E-state index contributed by atoms with van der Waals surface area (Å²) in [7, 11) is 0. The van der Waals surface area contributed by atoms with Gasteiger partial charge in [0.15, 0.2) is 0 Å². The van der Waals surface area contributed by atoms with Crippen molar-refractivity contribution in [2.45, 2.75) is 25.6 Å². The number of amides is 1. The maximum atomic E-state index is 12.1.